The molecule has 0 aliphatic carbocycles. The van der Waals surface area contributed by atoms with Crippen molar-refractivity contribution in [3.63, 3.8) is 0 Å². The number of hydrogen-bond acceptors (Lipinski definition) is 6. The number of carbonyl (C=O) groups excluding carboxylic acids is 1. The molecule has 34 heavy (non-hydrogen) atoms. The molecule has 4 rings (SSSR count). The van der Waals surface area contributed by atoms with E-state index < -0.39 is 20.0 Å². The van der Waals surface area contributed by atoms with Crippen molar-refractivity contribution in [2.24, 2.45) is 0 Å². The number of piperazine rings is 1. The number of morpholine rings is 1. The van der Waals surface area contributed by atoms with E-state index in [0.29, 0.717) is 18.8 Å². The van der Waals surface area contributed by atoms with Gasteiger partial charge in [-0.2, -0.15) is 8.61 Å². The fraction of sp³-hybridized carbons (Fsp3) is 0.435. The Hall–Kier alpha value is -2.31. The molecular formula is C23H29N3O6S2. The second-order valence-electron chi connectivity index (χ2n) is 8.51. The second kappa shape index (κ2) is 9.74. The fourth-order valence-electron chi connectivity index (χ4n) is 4.11. The molecule has 0 radical (unpaired) electrons. The van der Waals surface area contributed by atoms with Crippen LogP contribution >= 0.6 is 0 Å². The topological polar surface area (TPSA) is 104 Å². The fourth-order valence-corrected chi connectivity index (χ4v) is 7.19. The Balaban J connectivity index is 1.48. The Bertz CT molecular complexity index is 1260. The van der Waals surface area contributed by atoms with Gasteiger partial charge in [-0.25, -0.2) is 16.8 Å². The van der Waals surface area contributed by atoms with Gasteiger partial charge in [0.15, 0.2) is 0 Å². The summed E-state index contributed by atoms with van der Waals surface area (Å²) in [5.74, 6) is -0.314. The zero-order chi connectivity index (χ0) is 24.5. The molecule has 0 unspecified atom stereocenters. The maximum Gasteiger partial charge on any atom is 0.253 e. The molecule has 2 aromatic carbocycles. The van der Waals surface area contributed by atoms with Gasteiger partial charge in [-0.1, -0.05) is 23.8 Å². The first-order valence-electron chi connectivity index (χ1n) is 11.2. The molecule has 0 saturated carbocycles. The summed E-state index contributed by atoms with van der Waals surface area (Å²) in [5, 5.41) is 0. The maximum atomic E-state index is 13.2. The average Bonchev–Trinajstić information content (AvgIpc) is 2.84. The van der Waals surface area contributed by atoms with Crippen LogP contribution in [0.15, 0.2) is 52.3 Å². The summed E-state index contributed by atoms with van der Waals surface area (Å²) in [6.07, 6.45) is 0. The van der Waals surface area contributed by atoms with Crippen LogP contribution in [-0.4, -0.2) is 88.7 Å². The summed E-state index contributed by atoms with van der Waals surface area (Å²) >= 11 is 0. The number of amides is 1. The normalized spacial score (nSPS) is 18.7. The number of aryl methyl sites for hydroxylation is 2. The molecule has 11 heteroatoms. The minimum Gasteiger partial charge on any atom is -0.379 e. The first-order chi connectivity index (χ1) is 16.1. The van der Waals surface area contributed by atoms with Gasteiger partial charge in [0.05, 0.1) is 23.0 Å². The summed E-state index contributed by atoms with van der Waals surface area (Å²) < 4.78 is 60.2. The highest BCUT2D eigenvalue weighted by Gasteiger charge is 2.32. The molecule has 184 valence electrons. The highest BCUT2D eigenvalue weighted by Crippen LogP contribution is 2.24. The van der Waals surface area contributed by atoms with E-state index in [0.717, 1.165) is 5.56 Å². The molecule has 0 spiro atoms. The molecule has 2 aliphatic heterocycles. The Morgan fingerprint density at radius 3 is 1.97 bits per heavy atom. The molecule has 2 aromatic rings. The summed E-state index contributed by atoms with van der Waals surface area (Å²) in [7, 11) is -7.38. The molecule has 0 N–H and O–H groups in total. The van der Waals surface area contributed by atoms with Crippen LogP contribution in [0, 0.1) is 13.8 Å². The summed E-state index contributed by atoms with van der Waals surface area (Å²) in [4.78, 5) is 15.1. The minimum atomic E-state index is -3.75. The van der Waals surface area contributed by atoms with Crippen LogP contribution in [0.1, 0.15) is 21.5 Å². The summed E-state index contributed by atoms with van der Waals surface area (Å²) in [6.45, 7) is 5.63. The van der Waals surface area contributed by atoms with Crippen molar-refractivity contribution < 1.29 is 26.4 Å². The molecule has 0 atom stereocenters. The van der Waals surface area contributed by atoms with Gasteiger partial charge in [-0.15, -0.1) is 0 Å². The first kappa shape index (κ1) is 24.8. The van der Waals surface area contributed by atoms with Gasteiger partial charge in [0.25, 0.3) is 5.91 Å². The van der Waals surface area contributed by atoms with E-state index in [1.165, 1.54) is 14.7 Å². The van der Waals surface area contributed by atoms with Gasteiger partial charge in [0.1, 0.15) is 0 Å². The lowest BCUT2D eigenvalue weighted by atomic mass is 10.1. The van der Waals surface area contributed by atoms with Crippen molar-refractivity contribution >= 4 is 26.0 Å². The number of carbonyl (C=O) groups is 1. The van der Waals surface area contributed by atoms with Crippen LogP contribution in [0.2, 0.25) is 0 Å². The lowest BCUT2D eigenvalue weighted by Crippen LogP contribution is -2.50. The highest BCUT2D eigenvalue weighted by atomic mass is 32.2. The van der Waals surface area contributed by atoms with Crippen molar-refractivity contribution in [2.45, 2.75) is 23.6 Å². The zero-order valence-electron chi connectivity index (χ0n) is 19.3. The molecule has 2 heterocycles. The maximum absolute atomic E-state index is 13.2. The third kappa shape index (κ3) is 4.89. The molecule has 1 amide bonds. The SMILES string of the molecule is Cc1ccc(S(=O)(=O)N2CCN(C(=O)c3ccc(C)c(S(=O)(=O)N4CCOCC4)c3)CC2)cc1. The largest absolute Gasteiger partial charge is 0.379 e. The monoisotopic (exact) mass is 507 g/mol. The number of sulfonamides is 2. The predicted octanol–water partition coefficient (Wildman–Crippen LogP) is 1.47. The molecule has 2 fully saturated rings. The quantitative estimate of drug-likeness (QED) is 0.607. The summed E-state index contributed by atoms with van der Waals surface area (Å²) in [6, 6.07) is 11.4. The minimum absolute atomic E-state index is 0.112. The van der Waals surface area contributed by atoms with Crippen molar-refractivity contribution in [2.75, 3.05) is 52.5 Å². The Labute approximate surface area is 201 Å². The van der Waals surface area contributed by atoms with Gasteiger partial charge in [0, 0.05) is 44.8 Å². The number of nitrogens with zero attached hydrogens (tertiary/aromatic N) is 3. The number of rotatable bonds is 5. The third-order valence-electron chi connectivity index (χ3n) is 6.21. The van der Waals surface area contributed by atoms with Crippen LogP contribution in [0.5, 0.6) is 0 Å². The zero-order valence-corrected chi connectivity index (χ0v) is 20.9. The Morgan fingerprint density at radius 1 is 0.765 bits per heavy atom. The van der Waals surface area contributed by atoms with Gasteiger partial charge in [0.2, 0.25) is 20.0 Å². The van der Waals surface area contributed by atoms with E-state index in [1.807, 2.05) is 6.92 Å². The first-order valence-corrected chi connectivity index (χ1v) is 14.0. The second-order valence-corrected chi connectivity index (χ2v) is 12.4. The lowest BCUT2D eigenvalue weighted by molar-refractivity contribution is 0.0697. The van der Waals surface area contributed by atoms with Gasteiger partial charge >= 0.3 is 0 Å². The van der Waals surface area contributed by atoms with E-state index in [-0.39, 0.29) is 60.5 Å². The smallest absolute Gasteiger partial charge is 0.253 e. The summed E-state index contributed by atoms with van der Waals surface area (Å²) in [5.41, 5.74) is 1.81. The standard InChI is InChI=1S/C23H29N3O6S2/c1-18-3-7-21(8-4-18)33(28,29)25-11-9-24(10-12-25)23(27)20-6-5-19(2)22(17-20)34(30,31)26-13-15-32-16-14-26/h3-8,17H,9-16H2,1-2H3. The van der Waals surface area contributed by atoms with E-state index >= 15 is 0 Å². The Kier molecular flexibility index (Phi) is 7.11. The predicted molar refractivity (Wildman–Crippen MR) is 127 cm³/mol. The van der Waals surface area contributed by atoms with E-state index in [4.69, 9.17) is 4.74 Å². The Morgan fingerprint density at radius 2 is 1.35 bits per heavy atom. The lowest BCUT2D eigenvalue weighted by Gasteiger charge is -2.34. The van der Waals surface area contributed by atoms with Crippen molar-refractivity contribution in [3.8, 4) is 0 Å². The van der Waals surface area contributed by atoms with Crippen LogP contribution in [-0.2, 0) is 24.8 Å². The van der Waals surface area contributed by atoms with Crippen LogP contribution in [0.4, 0.5) is 0 Å². The van der Waals surface area contributed by atoms with Crippen LogP contribution < -0.4 is 0 Å². The molecule has 0 aromatic heterocycles. The number of hydrogen-bond donors (Lipinski definition) is 0. The van der Waals surface area contributed by atoms with Gasteiger partial charge in [-0.05, 0) is 43.7 Å². The van der Waals surface area contributed by atoms with Gasteiger partial charge < -0.3 is 9.64 Å². The highest BCUT2D eigenvalue weighted by molar-refractivity contribution is 7.89. The average molecular weight is 508 g/mol. The van der Waals surface area contributed by atoms with Crippen molar-refractivity contribution in [1.82, 2.24) is 13.5 Å². The van der Waals surface area contributed by atoms with Crippen LogP contribution in [0.3, 0.4) is 0 Å². The van der Waals surface area contributed by atoms with E-state index in [1.54, 1.807) is 48.2 Å². The molecule has 2 saturated heterocycles. The molecule has 9 nitrogen and oxygen atoms in total. The van der Waals surface area contributed by atoms with Crippen LogP contribution in [0.25, 0.3) is 0 Å². The number of ether oxygens (including phenoxy) is 1. The molecule has 2 aliphatic rings. The van der Waals surface area contributed by atoms with Crippen molar-refractivity contribution in [1.29, 1.82) is 0 Å². The number of benzene rings is 2. The molecular weight excluding hydrogens is 478 g/mol. The van der Waals surface area contributed by atoms with Crippen molar-refractivity contribution in [3.05, 3.63) is 59.2 Å². The van der Waals surface area contributed by atoms with Gasteiger partial charge in [-0.3, -0.25) is 4.79 Å². The van der Waals surface area contributed by atoms with E-state index in [2.05, 4.69) is 0 Å². The molecule has 0 bridgehead atoms. The third-order valence-corrected chi connectivity index (χ3v) is 10.2. The van der Waals surface area contributed by atoms with E-state index in [9.17, 15) is 21.6 Å².